The summed E-state index contributed by atoms with van der Waals surface area (Å²) in [6.45, 7) is 4.90. The van der Waals surface area contributed by atoms with Gasteiger partial charge in [0.2, 0.25) is 0 Å². The zero-order valence-electron chi connectivity index (χ0n) is 45.1. The number of aliphatic carboxylic acids is 1. The third-order valence-corrected chi connectivity index (χ3v) is 13.6. The van der Waals surface area contributed by atoms with Crippen molar-refractivity contribution < 1.29 is 89.2 Å². The lowest BCUT2D eigenvalue weighted by atomic mass is 9.85. The topological polar surface area (TPSA) is 360 Å². The van der Waals surface area contributed by atoms with Crippen molar-refractivity contribution in [2.75, 3.05) is 18.9 Å². The number of benzene rings is 1. The first-order valence-electron chi connectivity index (χ1n) is 26.9. The van der Waals surface area contributed by atoms with E-state index in [1.165, 1.54) is 0 Å². The molecule has 0 bridgehead atoms. The number of hydrogen-bond acceptors (Lipinski definition) is 19. The summed E-state index contributed by atoms with van der Waals surface area (Å²) in [4.78, 5) is 50.0. The van der Waals surface area contributed by atoms with Gasteiger partial charge in [0.1, 0.15) is 18.0 Å². The van der Waals surface area contributed by atoms with E-state index < -0.39 is 103 Å². The fourth-order valence-electron chi connectivity index (χ4n) is 9.09. The average Bonchev–Trinajstić information content (AvgIpc) is 3.37. The maximum atomic E-state index is 13.0. The standard InChI is InChI=1S/C58H86N2O18/c1-4-41(62)29-44(65)31-46(67)35-58(74)27-25-48(56(72)73)51(78-58)34-47(76-57-54(71)53(60)50(69)36-75-57)18-16-14-12-10-8-6-5-7-9-11-13-15-17-37(2)55(77-52(70)33-45(66)30-43(64)26-28-61)38(3)19-24-42(63)32-49(68)39-20-22-40(59)23-21-39/h5-18,20-23,37-38,41-42,44-48,50-51,53-55,57,61-63,65-67,69,71,74H,4,19,24-36,59-60H2,1-3H3,(H,72,73)/b6-5-,9-7-,10-8+,13-11+,14-12+,17-15+,18-16+/t37-,38-,41?,42?,44?,45+,46?,47?,48?,50?,51-,53-,54-,55?,57?,58?/m0/s1. The first-order valence-corrected chi connectivity index (χ1v) is 26.9. The molecule has 20 nitrogen and oxygen atoms in total. The summed E-state index contributed by atoms with van der Waals surface area (Å²) in [6.07, 6.45) is 12.1. The van der Waals surface area contributed by atoms with Crippen molar-refractivity contribution in [3.63, 3.8) is 0 Å². The summed E-state index contributed by atoms with van der Waals surface area (Å²) in [7, 11) is 0. The lowest BCUT2D eigenvalue weighted by molar-refractivity contribution is -0.289. The predicted octanol–water partition coefficient (Wildman–Crippen LogP) is 3.56. The van der Waals surface area contributed by atoms with Crippen LogP contribution in [0.1, 0.15) is 115 Å². The Morgan fingerprint density at radius 1 is 0.782 bits per heavy atom. The highest BCUT2D eigenvalue weighted by atomic mass is 16.7. The summed E-state index contributed by atoms with van der Waals surface area (Å²) in [5, 5.41) is 103. The van der Waals surface area contributed by atoms with Crippen molar-refractivity contribution in [3.05, 3.63) is 115 Å². The van der Waals surface area contributed by atoms with Gasteiger partial charge in [0.25, 0.3) is 0 Å². The van der Waals surface area contributed by atoms with Crippen LogP contribution in [-0.4, -0.2) is 167 Å². The lowest BCUT2D eigenvalue weighted by Crippen LogP contribution is -2.58. The monoisotopic (exact) mass is 1100 g/mol. The molecule has 2 aliphatic heterocycles. The number of carboxylic acids is 1. The second-order valence-corrected chi connectivity index (χ2v) is 20.4. The summed E-state index contributed by atoms with van der Waals surface area (Å²) < 4.78 is 23.5. The second kappa shape index (κ2) is 35.5. The van der Waals surface area contributed by atoms with Crippen LogP contribution in [-0.2, 0) is 33.3 Å². The fourth-order valence-corrected chi connectivity index (χ4v) is 9.09. The maximum absolute atomic E-state index is 13.0. The van der Waals surface area contributed by atoms with E-state index in [0.29, 0.717) is 24.1 Å². The molecule has 10 unspecified atom stereocenters. The molecule has 1 aromatic carbocycles. The smallest absolute Gasteiger partial charge is 0.309 e. The molecule has 2 heterocycles. The summed E-state index contributed by atoms with van der Waals surface area (Å²) in [5.41, 5.74) is 12.6. The number of carboxylic acid groups (broad SMARTS) is 1. The van der Waals surface area contributed by atoms with Crippen LogP contribution in [0.2, 0.25) is 0 Å². The van der Waals surface area contributed by atoms with Gasteiger partial charge in [0.15, 0.2) is 17.9 Å². The number of allylic oxidation sites excluding steroid dienone is 12. The molecule has 2 fully saturated rings. The van der Waals surface area contributed by atoms with E-state index in [0.717, 1.165) is 0 Å². The minimum absolute atomic E-state index is 0.000363. The van der Waals surface area contributed by atoms with Crippen molar-refractivity contribution in [2.24, 2.45) is 23.5 Å². The molecule has 0 amide bonds. The second-order valence-electron chi connectivity index (χ2n) is 20.4. The SMILES string of the molecule is CCC(O)CC(O)CC(O)CC1(O)CCC(C(=O)O)[C@H](CC(/C=C/C=C/C=C/C=C\C=C/C=C/C=C/[C@H](C)C(OC(=O)C[C@H](O)CC(=O)CCO)[C@@H](C)CCC(O)CC(=O)c2ccc(N)cc2)OC2OCC(O)[C@H](N)[C@@H]2O)O1. The Balaban J connectivity index is 1.62. The normalized spacial score (nSPS) is 26.0. The molecular formula is C58H86N2O18. The van der Waals surface area contributed by atoms with E-state index in [9.17, 15) is 65.1 Å². The van der Waals surface area contributed by atoms with Gasteiger partial charge in [-0.1, -0.05) is 106 Å². The third kappa shape index (κ3) is 25.4. The number of esters is 1. The summed E-state index contributed by atoms with van der Waals surface area (Å²) in [6, 6.07) is 5.35. The van der Waals surface area contributed by atoms with Gasteiger partial charge >= 0.3 is 11.9 Å². The number of ketones is 2. The van der Waals surface area contributed by atoms with Crippen LogP contribution in [0.15, 0.2) is 109 Å². The van der Waals surface area contributed by atoms with Gasteiger partial charge in [-0.2, -0.15) is 0 Å². The number of carbonyl (C=O) groups is 4. The molecule has 0 aliphatic carbocycles. The van der Waals surface area contributed by atoms with Crippen molar-refractivity contribution in [2.45, 2.75) is 183 Å². The highest BCUT2D eigenvalue weighted by Crippen LogP contribution is 2.38. The fraction of sp³-hybridized carbons (Fsp3) is 0.586. The highest BCUT2D eigenvalue weighted by Gasteiger charge is 2.46. The Bertz CT molecular complexity index is 2180. The van der Waals surface area contributed by atoms with E-state index in [1.807, 2.05) is 19.9 Å². The zero-order valence-corrected chi connectivity index (χ0v) is 45.1. The van der Waals surface area contributed by atoms with Crippen LogP contribution in [0, 0.1) is 17.8 Å². The van der Waals surface area contributed by atoms with Gasteiger partial charge < -0.3 is 81.5 Å². The molecule has 78 heavy (non-hydrogen) atoms. The van der Waals surface area contributed by atoms with E-state index in [-0.39, 0.29) is 101 Å². The minimum Gasteiger partial charge on any atom is -0.481 e. The van der Waals surface area contributed by atoms with Gasteiger partial charge in [0.05, 0.1) is 73.8 Å². The van der Waals surface area contributed by atoms with E-state index in [4.69, 9.17) is 35.5 Å². The number of anilines is 1. The Kier molecular flexibility index (Phi) is 30.6. The molecule has 0 aromatic heterocycles. The van der Waals surface area contributed by atoms with Crippen LogP contribution >= 0.6 is 0 Å². The average molecular weight is 1100 g/mol. The molecule has 0 spiro atoms. The lowest BCUT2D eigenvalue weighted by Gasteiger charge is -2.43. The van der Waals surface area contributed by atoms with Crippen LogP contribution in [0.3, 0.4) is 0 Å². The number of Topliss-reactive ketones (excluding diaryl/α,β-unsaturated/α-hetero) is 2. The minimum atomic E-state index is -1.94. The van der Waals surface area contributed by atoms with Crippen LogP contribution in [0.5, 0.6) is 0 Å². The molecule has 0 radical (unpaired) electrons. The molecule has 16 atom stereocenters. The molecular weight excluding hydrogens is 1010 g/mol. The molecule has 20 heteroatoms. The summed E-state index contributed by atoms with van der Waals surface area (Å²) in [5.74, 6) is -6.10. The predicted molar refractivity (Wildman–Crippen MR) is 291 cm³/mol. The van der Waals surface area contributed by atoms with Gasteiger partial charge in [0, 0.05) is 62.3 Å². The molecule has 436 valence electrons. The number of aliphatic hydroxyl groups excluding tert-OH is 8. The summed E-state index contributed by atoms with van der Waals surface area (Å²) >= 11 is 0. The van der Waals surface area contributed by atoms with Crippen molar-refractivity contribution >= 4 is 29.2 Å². The Morgan fingerprint density at radius 3 is 1.96 bits per heavy atom. The number of aliphatic hydroxyl groups is 9. The van der Waals surface area contributed by atoms with Crippen LogP contribution in [0.4, 0.5) is 5.69 Å². The molecule has 2 aliphatic rings. The number of nitrogens with two attached hydrogens (primary N) is 2. The number of rotatable bonds is 35. The highest BCUT2D eigenvalue weighted by molar-refractivity contribution is 5.96. The van der Waals surface area contributed by atoms with Crippen LogP contribution in [0.25, 0.3) is 0 Å². The number of nitrogen functional groups attached to an aromatic ring is 1. The van der Waals surface area contributed by atoms with Crippen molar-refractivity contribution in [1.82, 2.24) is 0 Å². The third-order valence-electron chi connectivity index (χ3n) is 13.6. The quantitative estimate of drug-likeness (QED) is 0.0200. The molecule has 2 saturated heterocycles. The maximum Gasteiger partial charge on any atom is 0.309 e. The number of ether oxygens (including phenoxy) is 4. The largest absolute Gasteiger partial charge is 0.481 e. The molecule has 3 rings (SSSR count). The van der Waals surface area contributed by atoms with Crippen molar-refractivity contribution in [3.8, 4) is 0 Å². The Morgan fingerprint density at radius 2 is 1.37 bits per heavy atom. The van der Waals surface area contributed by atoms with Crippen molar-refractivity contribution in [1.29, 1.82) is 0 Å². The van der Waals surface area contributed by atoms with Gasteiger partial charge in [-0.25, -0.2) is 0 Å². The Hall–Kier alpha value is -5.04. The van der Waals surface area contributed by atoms with Gasteiger partial charge in [-0.15, -0.1) is 0 Å². The number of hydrogen-bond donors (Lipinski definition) is 12. The van der Waals surface area contributed by atoms with E-state index >= 15 is 0 Å². The van der Waals surface area contributed by atoms with Gasteiger partial charge in [-0.3, -0.25) is 19.2 Å². The van der Waals surface area contributed by atoms with Crippen LogP contribution < -0.4 is 11.5 Å². The molecule has 0 saturated carbocycles. The Labute approximate surface area is 457 Å². The zero-order chi connectivity index (χ0) is 57.8. The van der Waals surface area contributed by atoms with E-state index in [1.54, 1.807) is 110 Å². The van der Waals surface area contributed by atoms with E-state index in [2.05, 4.69) is 0 Å². The first kappa shape index (κ1) is 67.2. The molecule has 14 N–H and O–H groups in total. The van der Waals surface area contributed by atoms with Gasteiger partial charge in [-0.05, 0) is 68.7 Å². The molecule has 1 aromatic rings. The number of carbonyl (C=O) groups excluding carboxylic acids is 3. The first-order chi connectivity index (χ1) is 37.0.